The van der Waals surface area contributed by atoms with E-state index in [1.165, 1.54) is 5.56 Å². The number of benzene rings is 1. The molecule has 0 saturated carbocycles. The van der Waals surface area contributed by atoms with Gasteiger partial charge in [0.1, 0.15) is 0 Å². The van der Waals surface area contributed by atoms with Crippen LogP contribution in [0.2, 0.25) is 0 Å². The van der Waals surface area contributed by atoms with Gasteiger partial charge in [-0.2, -0.15) is 0 Å². The summed E-state index contributed by atoms with van der Waals surface area (Å²) in [5.41, 5.74) is 1.90. The summed E-state index contributed by atoms with van der Waals surface area (Å²) >= 11 is 0. The van der Waals surface area contributed by atoms with Gasteiger partial charge < -0.3 is 15.5 Å². The molecule has 1 heterocycles. The lowest BCUT2D eigenvalue weighted by molar-refractivity contribution is -0.132. The van der Waals surface area contributed by atoms with E-state index in [1.54, 1.807) is 0 Å². The van der Waals surface area contributed by atoms with Crippen molar-refractivity contribution < 1.29 is 9.59 Å². The van der Waals surface area contributed by atoms with Gasteiger partial charge in [0.15, 0.2) is 0 Å². The topological polar surface area (TPSA) is 61.4 Å². The number of carbonyl (C=O) groups excluding carboxylic acids is 2. The van der Waals surface area contributed by atoms with Crippen LogP contribution < -0.4 is 10.6 Å². The van der Waals surface area contributed by atoms with Gasteiger partial charge in [0, 0.05) is 37.7 Å². The average Bonchev–Trinajstić information content (AvgIpc) is 2.61. The molecule has 2 amide bonds. The lowest BCUT2D eigenvalue weighted by Crippen LogP contribution is -2.47. The Labute approximate surface area is 151 Å². The molecule has 0 bridgehead atoms. The van der Waals surface area contributed by atoms with Crippen LogP contribution in [0.15, 0.2) is 24.3 Å². The molecule has 0 radical (unpaired) electrons. The van der Waals surface area contributed by atoms with E-state index in [1.807, 2.05) is 36.2 Å². The molecule has 0 spiro atoms. The van der Waals surface area contributed by atoms with Gasteiger partial charge in [0.05, 0.1) is 0 Å². The van der Waals surface area contributed by atoms with Gasteiger partial charge in [-0.3, -0.25) is 9.59 Å². The van der Waals surface area contributed by atoms with Crippen molar-refractivity contribution in [3.63, 3.8) is 0 Å². The molecule has 1 atom stereocenters. The summed E-state index contributed by atoms with van der Waals surface area (Å²) < 4.78 is 0. The zero-order chi connectivity index (χ0) is 18.4. The number of amides is 2. The van der Waals surface area contributed by atoms with E-state index in [0.29, 0.717) is 24.6 Å². The van der Waals surface area contributed by atoms with E-state index in [2.05, 4.69) is 31.4 Å². The van der Waals surface area contributed by atoms with E-state index in [-0.39, 0.29) is 17.2 Å². The normalized spacial score (nSPS) is 18.1. The van der Waals surface area contributed by atoms with Crippen molar-refractivity contribution in [2.75, 3.05) is 26.7 Å². The second-order valence-electron chi connectivity index (χ2n) is 7.80. The minimum absolute atomic E-state index is 0.0705. The molecule has 1 fully saturated rings. The quantitative estimate of drug-likeness (QED) is 0.861. The molecule has 1 aliphatic rings. The van der Waals surface area contributed by atoms with Crippen molar-refractivity contribution in [2.24, 2.45) is 0 Å². The van der Waals surface area contributed by atoms with Gasteiger partial charge in [-0.25, -0.2) is 0 Å². The van der Waals surface area contributed by atoms with Crippen LogP contribution in [0.25, 0.3) is 0 Å². The molecule has 0 aromatic heterocycles. The van der Waals surface area contributed by atoms with E-state index in [4.69, 9.17) is 0 Å². The number of hydrogen-bond acceptors (Lipinski definition) is 3. The van der Waals surface area contributed by atoms with Crippen molar-refractivity contribution >= 4 is 11.8 Å². The Hall–Kier alpha value is -1.88. The van der Waals surface area contributed by atoms with Crippen molar-refractivity contribution in [1.82, 2.24) is 15.5 Å². The summed E-state index contributed by atoms with van der Waals surface area (Å²) in [6, 6.07) is 8.06. The molecule has 1 saturated heterocycles. The van der Waals surface area contributed by atoms with Crippen molar-refractivity contribution in [1.29, 1.82) is 0 Å². The molecule has 1 aromatic rings. The van der Waals surface area contributed by atoms with Crippen LogP contribution in [0.4, 0.5) is 0 Å². The number of likely N-dealkylation sites (N-methyl/N-ethyl adjacent to an activating group) is 1. The molecule has 1 aliphatic heterocycles. The number of piperidine rings is 1. The number of carbonyl (C=O) groups is 2. The van der Waals surface area contributed by atoms with Gasteiger partial charge in [-0.05, 0) is 43.0 Å². The van der Waals surface area contributed by atoms with Gasteiger partial charge in [-0.15, -0.1) is 0 Å². The third-order valence-corrected chi connectivity index (χ3v) is 4.82. The highest BCUT2D eigenvalue weighted by molar-refractivity contribution is 5.94. The van der Waals surface area contributed by atoms with Crippen LogP contribution >= 0.6 is 0 Å². The first-order valence-electron chi connectivity index (χ1n) is 9.15. The fourth-order valence-corrected chi connectivity index (χ4v) is 3.10. The summed E-state index contributed by atoms with van der Waals surface area (Å²) in [4.78, 5) is 26.4. The van der Waals surface area contributed by atoms with Crippen LogP contribution in [-0.2, 0) is 10.2 Å². The first-order chi connectivity index (χ1) is 11.8. The van der Waals surface area contributed by atoms with Gasteiger partial charge >= 0.3 is 0 Å². The summed E-state index contributed by atoms with van der Waals surface area (Å²) in [5, 5.41) is 6.09. The molecule has 2 rings (SSSR count). The largest absolute Gasteiger partial charge is 0.352 e. The Morgan fingerprint density at radius 1 is 1.20 bits per heavy atom. The maximum absolute atomic E-state index is 12.3. The fraction of sp³-hybridized carbons (Fsp3) is 0.600. The van der Waals surface area contributed by atoms with Crippen LogP contribution in [0.1, 0.15) is 56.0 Å². The zero-order valence-electron chi connectivity index (χ0n) is 15.9. The second-order valence-corrected chi connectivity index (χ2v) is 7.80. The minimum atomic E-state index is -0.125. The van der Waals surface area contributed by atoms with E-state index < -0.39 is 0 Å². The maximum Gasteiger partial charge on any atom is 0.251 e. The Balaban J connectivity index is 1.79. The third-order valence-electron chi connectivity index (χ3n) is 4.82. The molecular formula is C20H31N3O2. The van der Waals surface area contributed by atoms with Gasteiger partial charge in [-0.1, -0.05) is 32.9 Å². The number of hydrogen-bond donors (Lipinski definition) is 2. The standard InChI is InChI=1S/C20H31N3O2/c1-20(2,3)16-9-7-15(8-10-16)19(25)22-12-11-18(24)23-13-5-6-17(14-23)21-4/h7-10,17,21H,5-6,11-14H2,1-4H3,(H,22,25). The smallest absolute Gasteiger partial charge is 0.251 e. The predicted octanol–water partition coefficient (Wildman–Crippen LogP) is 2.31. The Morgan fingerprint density at radius 3 is 2.48 bits per heavy atom. The molecule has 2 N–H and O–H groups in total. The lowest BCUT2D eigenvalue weighted by Gasteiger charge is -2.32. The maximum atomic E-state index is 12.3. The third kappa shape index (κ3) is 5.56. The van der Waals surface area contributed by atoms with Crippen molar-refractivity contribution in [3.8, 4) is 0 Å². The van der Waals surface area contributed by atoms with Crippen LogP contribution in [0.5, 0.6) is 0 Å². The van der Waals surface area contributed by atoms with Gasteiger partial charge in [0.2, 0.25) is 5.91 Å². The van der Waals surface area contributed by atoms with E-state index >= 15 is 0 Å². The predicted molar refractivity (Wildman–Crippen MR) is 101 cm³/mol. The summed E-state index contributed by atoms with van der Waals surface area (Å²) in [6.45, 7) is 8.39. The van der Waals surface area contributed by atoms with Crippen LogP contribution in [0.3, 0.4) is 0 Å². The SMILES string of the molecule is CNC1CCCN(C(=O)CCNC(=O)c2ccc(C(C)(C)C)cc2)C1. The first-order valence-corrected chi connectivity index (χ1v) is 9.15. The summed E-state index contributed by atoms with van der Waals surface area (Å²) in [6.07, 6.45) is 2.49. The lowest BCUT2D eigenvalue weighted by atomic mass is 9.87. The highest BCUT2D eigenvalue weighted by Gasteiger charge is 2.22. The van der Waals surface area contributed by atoms with E-state index in [9.17, 15) is 9.59 Å². The Morgan fingerprint density at radius 2 is 1.88 bits per heavy atom. The number of nitrogens with one attached hydrogen (secondary N) is 2. The molecule has 5 heteroatoms. The van der Waals surface area contributed by atoms with Gasteiger partial charge in [0.25, 0.3) is 5.91 Å². The zero-order valence-corrected chi connectivity index (χ0v) is 15.9. The number of nitrogens with zero attached hydrogens (tertiary/aromatic N) is 1. The minimum Gasteiger partial charge on any atom is -0.352 e. The summed E-state index contributed by atoms with van der Waals surface area (Å²) in [7, 11) is 1.93. The first kappa shape index (κ1) is 19.4. The van der Waals surface area contributed by atoms with Crippen molar-refractivity contribution in [3.05, 3.63) is 35.4 Å². The molecule has 138 valence electrons. The highest BCUT2D eigenvalue weighted by atomic mass is 16.2. The molecule has 1 unspecified atom stereocenters. The van der Waals surface area contributed by atoms with Crippen LogP contribution in [0, 0.1) is 0 Å². The molecule has 25 heavy (non-hydrogen) atoms. The molecule has 5 nitrogen and oxygen atoms in total. The Kier molecular flexibility index (Phi) is 6.59. The Bertz CT molecular complexity index is 590. The second kappa shape index (κ2) is 8.48. The molecule has 0 aliphatic carbocycles. The molecular weight excluding hydrogens is 314 g/mol. The van der Waals surface area contributed by atoms with Crippen molar-refractivity contribution in [2.45, 2.75) is 51.5 Å². The monoisotopic (exact) mass is 345 g/mol. The number of likely N-dealkylation sites (tertiary alicyclic amines) is 1. The average molecular weight is 345 g/mol. The highest BCUT2D eigenvalue weighted by Crippen LogP contribution is 2.22. The number of rotatable bonds is 5. The fourth-order valence-electron chi connectivity index (χ4n) is 3.10. The summed E-state index contributed by atoms with van der Waals surface area (Å²) in [5.74, 6) is -0.0108. The van der Waals surface area contributed by atoms with Crippen LogP contribution in [-0.4, -0.2) is 49.4 Å². The van der Waals surface area contributed by atoms with E-state index in [0.717, 1.165) is 25.9 Å². The molecule has 1 aromatic carbocycles.